The number of hydrogen-bond donors (Lipinski definition) is 1. The molecule has 0 aromatic heterocycles. The number of unbranched alkanes of at least 4 members (excludes halogenated alkanes) is 1. The van der Waals surface area contributed by atoms with E-state index in [1.165, 1.54) is 6.08 Å². The van der Waals surface area contributed by atoms with E-state index in [0.717, 1.165) is 5.56 Å². The summed E-state index contributed by atoms with van der Waals surface area (Å²) >= 11 is 0. The zero-order valence-corrected chi connectivity index (χ0v) is 20.9. The molecule has 2 unspecified atom stereocenters. The third-order valence-corrected chi connectivity index (χ3v) is 7.79. The lowest BCUT2D eigenvalue weighted by Crippen LogP contribution is -2.56. The van der Waals surface area contributed by atoms with Crippen LogP contribution in [0.25, 0.3) is 0 Å². The van der Waals surface area contributed by atoms with Gasteiger partial charge in [-0.3, -0.25) is 14.4 Å². The highest BCUT2D eigenvalue weighted by atomic mass is 16.6. The summed E-state index contributed by atoms with van der Waals surface area (Å²) < 4.78 is 12.0. The van der Waals surface area contributed by atoms with Gasteiger partial charge in [0.25, 0.3) is 0 Å². The maximum absolute atomic E-state index is 14.2. The van der Waals surface area contributed by atoms with Crippen molar-refractivity contribution in [2.45, 2.75) is 56.4 Å². The van der Waals surface area contributed by atoms with Gasteiger partial charge in [-0.1, -0.05) is 49.1 Å². The molecule has 1 N–H and O–H groups in total. The summed E-state index contributed by atoms with van der Waals surface area (Å²) in [6.45, 7) is 10.3. The highest BCUT2D eigenvalue weighted by molar-refractivity contribution is 5.98. The summed E-state index contributed by atoms with van der Waals surface area (Å²) in [7, 11) is 0. The van der Waals surface area contributed by atoms with Crippen molar-refractivity contribution in [3.8, 4) is 0 Å². The molecular formula is C28H36N2O6. The number of likely N-dealkylation sites (tertiary alicyclic amines) is 1. The Bertz CT molecular complexity index is 1010. The Labute approximate surface area is 212 Å². The number of esters is 1. The van der Waals surface area contributed by atoms with Gasteiger partial charge in [-0.15, -0.1) is 6.58 Å². The van der Waals surface area contributed by atoms with Crippen molar-refractivity contribution in [2.75, 3.05) is 26.3 Å². The van der Waals surface area contributed by atoms with Crippen LogP contribution in [0.3, 0.4) is 0 Å². The molecule has 2 amide bonds. The molecule has 3 heterocycles. The first kappa shape index (κ1) is 26.1. The lowest BCUT2D eigenvalue weighted by Gasteiger charge is -2.37. The van der Waals surface area contributed by atoms with E-state index in [0.29, 0.717) is 45.3 Å². The third kappa shape index (κ3) is 4.37. The van der Waals surface area contributed by atoms with Gasteiger partial charge in [-0.25, -0.2) is 0 Å². The van der Waals surface area contributed by atoms with E-state index >= 15 is 0 Å². The van der Waals surface area contributed by atoms with Crippen molar-refractivity contribution in [1.82, 2.24) is 9.80 Å². The predicted molar refractivity (Wildman–Crippen MR) is 133 cm³/mol. The van der Waals surface area contributed by atoms with Gasteiger partial charge < -0.3 is 24.4 Å². The molecule has 3 aliphatic rings. The number of aliphatic hydroxyl groups excluding tert-OH is 1. The number of benzene rings is 1. The van der Waals surface area contributed by atoms with Crippen LogP contribution in [0, 0.1) is 11.8 Å². The molecule has 8 nitrogen and oxygen atoms in total. The molecule has 8 heteroatoms. The molecule has 1 aromatic carbocycles. The third-order valence-electron chi connectivity index (χ3n) is 7.79. The van der Waals surface area contributed by atoms with Crippen LogP contribution in [0.15, 0.2) is 55.6 Å². The van der Waals surface area contributed by atoms with Crippen LogP contribution < -0.4 is 0 Å². The summed E-state index contributed by atoms with van der Waals surface area (Å²) in [5.74, 6) is -2.55. The predicted octanol–water partition coefficient (Wildman–Crippen LogP) is 2.47. The first-order valence-electron chi connectivity index (χ1n) is 12.7. The highest BCUT2D eigenvalue weighted by Crippen LogP contribution is 2.63. The fourth-order valence-electron chi connectivity index (χ4n) is 6.29. The van der Waals surface area contributed by atoms with Crippen LogP contribution in [0.4, 0.5) is 0 Å². The summed E-state index contributed by atoms with van der Waals surface area (Å²) in [5.41, 5.74) is -1.01. The molecule has 36 heavy (non-hydrogen) atoms. The molecule has 5 atom stereocenters. The molecule has 1 spiro atoms. The fourth-order valence-corrected chi connectivity index (χ4v) is 6.29. The second-order valence-electron chi connectivity index (χ2n) is 10.1. The molecule has 4 rings (SSSR count). The van der Waals surface area contributed by atoms with Gasteiger partial charge in [-0.2, -0.15) is 0 Å². The zero-order valence-electron chi connectivity index (χ0n) is 20.9. The van der Waals surface area contributed by atoms with Gasteiger partial charge in [0.05, 0.1) is 11.5 Å². The molecule has 194 valence electrons. The number of carbonyl (C=O) groups excluding carboxylic acids is 3. The van der Waals surface area contributed by atoms with Gasteiger partial charge in [0.15, 0.2) is 0 Å². The Morgan fingerprint density at radius 2 is 1.97 bits per heavy atom. The summed E-state index contributed by atoms with van der Waals surface area (Å²) in [4.78, 5) is 44.6. The van der Waals surface area contributed by atoms with E-state index in [-0.39, 0.29) is 25.0 Å². The normalized spacial score (nSPS) is 30.2. The molecule has 1 aromatic rings. The molecule has 0 aliphatic carbocycles. The number of rotatable bonds is 12. The topological polar surface area (TPSA) is 96.4 Å². The van der Waals surface area contributed by atoms with Crippen molar-refractivity contribution in [3.63, 3.8) is 0 Å². The highest BCUT2D eigenvalue weighted by Gasteiger charge is 2.78. The largest absolute Gasteiger partial charge is 0.461 e. The van der Waals surface area contributed by atoms with E-state index in [1.54, 1.807) is 15.9 Å². The van der Waals surface area contributed by atoms with Crippen molar-refractivity contribution < 1.29 is 29.0 Å². The maximum Gasteiger partial charge on any atom is 0.313 e. The van der Waals surface area contributed by atoms with Crippen molar-refractivity contribution in [3.05, 3.63) is 61.2 Å². The molecule has 3 aliphatic heterocycles. The Morgan fingerprint density at radius 3 is 2.64 bits per heavy atom. The van der Waals surface area contributed by atoms with Crippen LogP contribution in [0.1, 0.15) is 38.2 Å². The van der Waals surface area contributed by atoms with Crippen molar-refractivity contribution >= 4 is 17.8 Å². The summed E-state index contributed by atoms with van der Waals surface area (Å²) in [5, 5.41) is 9.32. The lowest BCUT2D eigenvalue weighted by atomic mass is 9.66. The quantitative estimate of drug-likeness (QED) is 0.271. The van der Waals surface area contributed by atoms with Crippen LogP contribution in [-0.4, -0.2) is 76.2 Å². The van der Waals surface area contributed by atoms with Crippen LogP contribution in [0.5, 0.6) is 0 Å². The van der Waals surface area contributed by atoms with E-state index in [4.69, 9.17) is 9.47 Å². The van der Waals surface area contributed by atoms with E-state index in [1.807, 2.05) is 37.3 Å². The Kier molecular flexibility index (Phi) is 7.66. The van der Waals surface area contributed by atoms with Crippen molar-refractivity contribution in [2.24, 2.45) is 11.8 Å². The number of hydrogen-bond acceptors (Lipinski definition) is 6. The number of aliphatic hydroxyl groups is 1. The second-order valence-corrected chi connectivity index (χ2v) is 10.1. The first-order chi connectivity index (χ1) is 17.3. The van der Waals surface area contributed by atoms with E-state index < -0.39 is 35.0 Å². The minimum absolute atomic E-state index is 0.00309. The van der Waals surface area contributed by atoms with Gasteiger partial charge in [0.2, 0.25) is 11.8 Å². The molecule has 3 fully saturated rings. The van der Waals surface area contributed by atoms with Gasteiger partial charge in [0.1, 0.15) is 24.2 Å². The standard InChI is InChI=1S/C28H36N2O6/c1-4-15-29(19-20-11-7-6-8-12-20)25(33)23-28-14-13-27(3,36-28)22(26(34)35-18-5-2)21(28)24(32)30(23)16-9-10-17-31/h4-8,11-12,21-23,31H,1-2,9-10,13-19H2,3H3/t21-,22-,23?,27+,28?/m0/s1. The van der Waals surface area contributed by atoms with Gasteiger partial charge in [0, 0.05) is 26.2 Å². The lowest BCUT2D eigenvalue weighted by molar-refractivity contribution is -0.159. The number of carbonyl (C=O) groups is 3. The Morgan fingerprint density at radius 1 is 1.22 bits per heavy atom. The van der Waals surface area contributed by atoms with Gasteiger partial charge in [-0.05, 0) is 38.2 Å². The number of amides is 2. The molecule has 0 saturated carbocycles. The Hall–Kier alpha value is -2.97. The average molecular weight is 497 g/mol. The fraction of sp³-hybridized carbons (Fsp3) is 0.536. The first-order valence-corrected chi connectivity index (χ1v) is 12.7. The summed E-state index contributed by atoms with van der Waals surface area (Å²) in [6, 6.07) is 8.80. The average Bonchev–Trinajstić information content (AvgIpc) is 3.43. The zero-order chi connectivity index (χ0) is 25.9. The SMILES string of the molecule is C=CCOC(=O)[C@@H]1[C@H]2C(=O)N(CCCCO)C(C(=O)N(CC=C)Cc3ccccc3)C23CC[C@@]1(C)O3. The van der Waals surface area contributed by atoms with Crippen LogP contribution in [0.2, 0.25) is 0 Å². The van der Waals surface area contributed by atoms with E-state index in [2.05, 4.69) is 13.2 Å². The maximum atomic E-state index is 14.2. The monoisotopic (exact) mass is 496 g/mol. The number of ether oxygens (including phenoxy) is 2. The smallest absolute Gasteiger partial charge is 0.313 e. The second kappa shape index (κ2) is 10.6. The Balaban J connectivity index is 1.71. The molecular weight excluding hydrogens is 460 g/mol. The van der Waals surface area contributed by atoms with E-state index in [9.17, 15) is 19.5 Å². The molecule has 2 bridgehead atoms. The summed E-state index contributed by atoms with van der Waals surface area (Å²) in [6.07, 6.45) is 5.27. The number of fused-ring (bicyclic) bond motifs is 1. The van der Waals surface area contributed by atoms with Crippen LogP contribution >= 0.6 is 0 Å². The van der Waals surface area contributed by atoms with Gasteiger partial charge >= 0.3 is 5.97 Å². The van der Waals surface area contributed by atoms with Crippen LogP contribution in [-0.2, 0) is 30.4 Å². The minimum atomic E-state index is -1.10. The molecule has 0 radical (unpaired) electrons. The van der Waals surface area contributed by atoms with Crippen molar-refractivity contribution in [1.29, 1.82) is 0 Å². The minimum Gasteiger partial charge on any atom is -0.461 e. The number of nitrogens with zero attached hydrogens (tertiary/aromatic N) is 2. The molecule has 3 saturated heterocycles.